The van der Waals surface area contributed by atoms with Crippen LogP contribution in [0.4, 0.5) is 0 Å². The van der Waals surface area contributed by atoms with E-state index in [0.29, 0.717) is 17.9 Å². The van der Waals surface area contributed by atoms with E-state index in [0.717, 1.165) is 11.0 Å². The Morgan fingerprint density at radius 2 is 1.82 bits per heavy atom. The molecule has 0 radical (unpaired) electrons. The van der Waals surface area contributed by atoms with E-state index in [-0.39, 0.29) is 0 Å². The van der Waals surface area contributed by atoms with E-state index in [4.69, 9.17) is 0 Å². The molecule has 17 heavy (non-hydrogen) atoms. The molecule has 2 unspecified atom stereocenters. The van der Waals surface area contributed by atoms with Crippen molar-refractivity contribution in [1.82, 2.24) is 5.32 Å². The molecule has 0 aromatic heterocycles. The topological polar surface area (TPSA) is 12.0 Å². The van der Waals surface area contributed by atoms with Gasteiger partial charge < -0.3 is 5.32 Å². The molecule has 1 rings (SSSR count). The molecule has 0 amide bonds. The van der Waals surface area contributed by atoms with Crippen molar-refractivity contribution in [3.8, 4) is 0 Å². The van der Waals surface area contributed by atoms with E-state index in [1.165, 1.54) is 10.0 Å². The maximum absolute atomic E-state index is 3.66. The van der Waals surface area contributed by atoms with E-state index in [1.807, 2.05) is 0 Å². The van der Waals surface area contributed by atoms with Crippen molar-refractivity contribution in [3.63, 3.8) is 0 Å². The molecule has 3 heteroatoms. The van der Waals surface area contributed by atoms with Crippen LogP contribution in [0.5, 0.6) is 0 Å². The lowest BCUT2D eigenvalue weighted by Crippen LogP contribution is -2.29. The van der Waals surface area contributed by atoms with Crippen molar-refractivity contribution >= 4 is 31.9 Å². The van der Waals surface area contributed by atoms with Crippen LogP contribution in [0.15, 0.2) is 27.1 Å². The zero-order valence-electron chi connectivity index (χ0n) is 10.9. The Balaban J connectivity index is 3.08. The lowest BCUT2D eigenvalue weighted by Gasteiger charge is -2.29. The molecule has 1 N–H and O–H groups in total. The molecule has 0 aliphatic heterocycles. The predicted molar refractivity (Wildman–Crippen MR) is 82.3 cm³/mol. The lowest BCUT2D eigenvalue weighted by atomic mass is 9.86. The molecule has 96 valence electrons. The van der Waals surface area contributed by atoms with Crippen LogP contribution >= 0.6 is 31.9 Å². The first-order valence-electron chi connectivity index (χ1n) is 6.15. The summed E-state index contributed by atoms with van der Waals surface area (Å²) in [7, 11) is 0. The van der Waals surface area contributed by atoms with Gasteiger partial charge in [0.1, 0.15) is 0 Å². The summed E-state index contributed by atoms with van der Waals surface area (Å²) in [6, 6.07) is 6.77. The zero-order valence-corrected chi connectivity index (χ0v) is 14.1. The summed E-state index contributed by atoms with van der Waals surface area (Å²) in [5.41, 5.74) is 1.34. The summed E-state index contributed by atoms with van der Waals surface area (Å²) >= 11 is 7.21. The van der Waals surface area contributed by atoms with Crippen LogP contribution in [0.2, 0.25) is 0 Å². The van der Waals surface area contributed by atoms with E-state index >= 15 is 0 Å². The molecule has 1 aromatic rings. The Hall–Kier alpha value is 0.140. The molecule has 0 fully saturated rings. The quantitative estimate of drug-likeness (QED) is 0.763. The molecule has 0 aliphatic carbocycles. The van der Waals surface area contributed by atoms with Gasteiger partial charge in [-0.25, -0.2) is 0 Å². The third-order valence-electron chi connectivity index (χ3n) is 3.29. The second-order valence-corrected chi connectivity index (χ2v) is 6.57. The van der Waals surface area contributed by atoms with Crippen LogP contribution < -0.4 is 5.32 Å². The monoisotopic (exact) mass is 361 g/mol. The van der Waals surface area contributed by atoms with Crippen molar-refractivity contribution < 1.29 is 0 Å². The fourth-order valence-electron chi connectivity index (χ4n) is 1.94. The Bertz CT molecular complexity index is 363. The summed E-state index contributed by atoms with van der Waals surface area (Å²) in [6.45, 7) is 10.0. The third-order valence-corrected chi connectivity index (χ3v) is 4.51. The molecule has 0 saturated carbocycles. The minimum Gasteiger partial charge on any atom is -0.310 e. The van der Waals surface area contributed by atoms with Gasteiger partial charge in [-0.2, -0.15) is 0 Å². The van der Waals surface area contributed by atoms with Crippen molar-refractivity contribution in [2.45, 2.75) is 33.7 Å². The smallest absolute Gasteiger partial charge is 0.0359 e. The standard InChI is InChI=1S/C14H21Br2N/c1-5-17-14(10(4)9(2)3)12-8-11(15)6-7-13(12)16/h6-10,14,17H,5H2,1-4H3. The first kappa shape index (κ1) is 15.2. The van der Waals surface area contributed by atoms with Gasteiger partial charge in [0.05, 0.1) is 0 Å². The Morgan fingerprint density at radius 3 is 2.35 bits per heavy atom. The van der Waals surface area contributed by atoms with Crippen molar-refractivity contribution in [3.05, 3.63) is 32.7 Å². The largest absolute Gasteiger partial charge is 0.310 e. The molecule has 2 atom stereocenters. The number of rotatable bonds is 5. The number of nitrogens with one attached hydrogen (secondary N) is 1. The van der Waals surface area contributed by atoms with Gasteiger partial charge in [-0.05, 0) is 42.1 Å². The predicted octanol–water partition coefficient (Wildman–Crippen LogP) is 5.15. The summed E-state index contributed by atoms with van der Waals surface area (Å²) in [5.74, 6) is 1.26. The Labute approximate surface area is 122 Å². The lowest BCUT2D eigenvalue weighted by molar-refractivity contribution is 0.306. The van der Waals surface area contributed by atoms with Crippen LogP contribution in [0.3, 0.4) is 0 Å². The van der Waals surface area contributed by atoms with Crippen LogP contribution in [0.25, 0.3) is 0 Å². The second-order valence-electron chi connectivity index (χ2n) is 4.80. The Morgan fingerprint density at radius 1 is 1.18 bits per heavy atom. The van der Waals surface area contributed by atoms with Crippen molar-refractivity contribution in [1.29, 1.82) is 0 Å². The van der Waals surface area contributed by atoms with Crippen LogP contribution in [0.1, 0.15) is 39.3 Å². The SMILES string of the molecule is CCNC(c1cc(Br)ccc1Br)C(C)C(C)C. The summed E-state index contributed by atoms with van der Waals surface area (Å²) in [4.78, 5) is 0. The number of halogens is 2. The van der Waals surface area contributed by atoms with Gasteiger partial charge in [0, 0.05) is 15.0 Å². The molecule has 0 spiro atoms. The molecule has 1 aromatic carbocycles. The highest BCUT2D eigenvalue weighted by atomic mass is 79.9. The second kappa shape index (κ2) is 6.91. The normalized spacial score (nSPS) is 15.0. The van der Waals surface area contributed by atoms with Gasteiger partial charge in [-0.15, -0.1) is 0 Å². The molecular weight excluding hydrogens is 342 g/mol. The van der Waals surface area contributed by atoms with E-state index < -0.39 is 0 Å². The van der Waals surface area contributed by atoms with Gasteiger partial charge in [0.2, 0.25) is 0 Å². The molecule has 0 bridgehead atoms. The zero-order chi connectivity index (χ0) is 13.0. The number of hydrogen-bond acceptors (Lipinski definition) is 1. The van der Waals surface area contributed by atoms with E-state index in [2.05, 4.69) is 83.1 Å². The number of benzene rings is 1. The van der Waals surface area contributed by atoms with Crippen LogP contribution in [-0.4, -0.2) is 6.54 Å². The van der Waals surface area contributed by atoms with Gasteiger partial charge in [0.15, 0.2) is 0 Å². The molecule has 0 heterocycles. The van der Waals surface area contributed by atoms with Crippen molar-refractivity contribution in [2.75, 3.05) is 6.54 Å². The fourth-order valence-corrected chi connectivity index (χ4v) is 2.81. The highest BCUT2D eigenvalue weighted by molar-refractivity contribution is 9.11. The molecule has 0 aliphatic rings. The van der Waals surface area contributed by atoms with Gasteiger partial charge in [-0.1, -0.05) is 59.6 Å². The highest BCUT2D eigenvalue weighted by Gasteiger charge is 2.23. The summed E-state index contributed by atoms with van der Waals surface area (Å²) in [6.07, 6.45) is 0. The molecule has 1 nitrogen and oxygen atoms in total. The van der Waals surface area contributed by atoms with Crippen LogP contribution in [-0.2, 0) is 0 Å². The van der Waals surface area contributed by atoms with Crippen molar-refractivity contribution in [2.24, 2.45) is 11.8 Å². The third kappa shape index (κ3) is 4.08. The molecular formula is C14H21Br2N. The minimum absolute atomic E-state index is 0.395. The first-order chi connectivity index (χ1) is 7.97. The van der Waals surface area contributed by atoms with Crippen LogP contribution in [0, 0.1) is 11.8 Å². The van der Waals surface area contributed by atoms with Gasteiger partial charge >= 0.3 is 0 Å². The average Bonchev–Trinajstić information content (AvgIpc) is 2.28. The summed E-state index contributed by atoms with van der Waals surface area (Å²) < 4.78 is 2.31. The first-order valence-corrected chi connectivity index (χ1v) is 7.74. The maximum atomic E-state index is 3.66. The fraction of sp³-hybridized carbons (Fsp3) is 0.571. The van der Waals surface area contributed by atoms with Gasteiger partial charge in [-0.3, -0.25) is 0 Å². The maximum Gasteiger partial charge on any atom is 0.0359 e. The Kier molecular flexibility index (Phi) is 6.18. The van der Waals surface area contributed by atoms with E-state index in [1.54, 1.807) is 0 Å². The minimum atomic E-state index is 0.395. The van der Waals surface area contributed by atoms with Gasteiger partial charge in [0.25, 0.3) is 0 Å². The number of hydrogen-bond donors (Lipinski definition) is 1. The summed E-state index contributed by atoms with van der Waals surface area (Å²) in [5, 5.41) is 3.60. The molecule has 0 saturated heterocycles. The average molecular weight is 363 g/mol. The highest BCUT2D eigenvalue weighted by Crippen LogP contribution is 2.34. The van der Waals surface area contributed by atoms with E-state index in [9.17, 15) is 0 Å².